The molecule has 1 aromatic carbocycles. The van der Waals surface area contributed by atoms with Gasteiger partial charge in [-0.05, 0) is 31.4 Å². The first kappa shape index (κ1) is 15.2. The lowest BCUT2D eigenvalue weighted by Crippen LogP contribution is -2.39. The molecule has 2 unspecified atom stereocenters. The molecular weight excluding hydrogens is 278 g/mol. The van der Waals surface area contributed by atoms with Gasteiger partial charge >= 0.3 is 0 Å². The molecule has 0 radical (unpaired) electrons. The molecule has 0 spiro atoms. The molecule has 1 fully saturated rings. The first-order valence-corrected chi connectivity index (χ1v) is 8.05. The number of carbonyl (C=O) groups excluding carboxylic acids is 1. The Kier molecular flexibility index (Phi) is 4.27. The van der Waals surface area contributed by atoms with Gasteiger partial charge in [-0.1, -0.05) is 19.1 Å². The molecule has 2 atom stereocenters. The van der Waals surface area contributed by atoms with E-state index in [-0.39, 0.29) is 29.2 Å². The number of sulfonamides is 1. The summed E-state index contributed by atoms with van der Waals surface area (Å²) in [7, 11) is -3.67. The third-order valence-electron chi connectivity index (χ3n) is 3.87. The van der Waals surface area contributed by atoms with E-state index in [1.54, 1.807) is 12.1 Å². The predicted molar refractivity (Wildman–Crippen MR) is 75.0 cm³/mol. The highest BCUT2D eigenvalue weighted by Gasteiger charge is 2.39. The summed E-state index contributed by atoms with van der Waals surface area (Å²) in [5.41, 5.74) is 0.374. The Morgan fingerprint density at radius 3 is 2.75 bits per heavy atom. The van der Waals surface area contributed by atoms with Gasteiger partial charge in [0.15, 0.2) is 5.78 Å². The van der Waals surface area contributed by atoms with Gasteiger partial charge in [0.25, 0.3) is 0 Å². The number of rotatable bonds is 4. The van der Waals surface area contributed by atoms with Crippen LogP contribution in [0.3, 0.4) is 0 Å². The van der Waals surface area contributed by atoms with Crippen LogP contribution in [0.5, 0.6) is 0 Å². The van der Waals surface area contributed by atoms with Crippen molar-refractivity contribution >= 4 is 15.8 Å². The van der Waals surface area contributed by atoms with Gasteiger partial charge in [0.2, 0.25) is 10.0 Å². The van der Waals surface area contributed by atoms with Crippen molar-refractivity contribution in [2.24, 2.45) is 5.92 Å². The van der Waals surface area contributed by atoms with Gasteiger partial charge in [-0.2, -0.15) is 4.31 Å². The fourth-order valence-electron chi connectivity index (χ4n) is 2.55. The molecule has 20 heavy (non-hydrogen) atoms. The first-order valence-electron chi connectivity index (χ1n) is 6.61. The van der Waals surface area contributed by atoms with Gasteiger partial charge in [-0.15, -0.1) is 0 Å². The van der Waals surface area contributed by atoms with Crippen molar-refractivity contribution < 1.29 is 18.3 Å². The molecule has 1 aromatic rings. The maximum atomic E-state index is 12.6. The van der Waals surface area contributed by atoms with Gasteiger partial charge in [-0.3, -0.25) is 4.79 Å². The van der Waals surface area contributed by atoms with E-state index in [9.17, 15) is 18.3 Å². The Balaban J connectivity index is 2.40. The molecule has 0 saturated carbocycles. The van der Waals surface area contributed by atoms with Gasteiger partial charge in [0.1, 0.15) is 0 Å². The van der Waals surface area contributed by atoms with Crippen LogP contribution in [0, 0.1) is 5.92 Å². The van der Waals surface area contributed by atoms with Crippen LogP contribution >= 0.6 is 0 Å². The zero-order valence-corrected chi connectivity index (χ0v) is 12.4. The van der Waals surface area contributed by atoms with Gasteiger partial charge in [-0.25, -0.2) is 8.42 Å². The van der Waals surface area contributed by atoms with E-state index >= 15 is 0 Å². The molecule has 1 aliphatic rings. The van der Waals surface area contributed by atoms with Crippen LogP contribution in [0.25, 0.3) is 0 Å². The van der Waals surface area contributed by atoms with Crippen LogP contribution in [-0.4, -0.2) is 42.8 Å². The summed E-state index contributed by atoms with van der Waals surface area (Å²) in [6.45, 7) is 3.55. The van der Waals surface area contributed by atoms with Crippen LogP contribution < -0.4 is 0 Å². The summed E-state index contributed by atoms with van der Waals surface area (Å²) in [6.07, 6.45) is 0.733. The summed E-state index contributed by atoms with van der Waals surface area (Å²) in [6, 6.07) is 5.66. The second kappa shape index (κ2) is 5.63. The Morgan fingerprint density at radius 1 is 1.45 bits per heavy atom. The standard InChI is InChI=1S/C14H19NO4S/c1-10-6-7-15(14(10)9-16)20(18,19)13-5-3-4-12(8-13)11(2)17/h3-5,8,10,14,16H,6-7,9H2,1-2H3. The Hall–Kier alpha value is -1.24. The highest BCUT2D eigenvalue weighted by Crippen LogP contribution is 2.30. The molecule has 0 aromatic heterocycles. The number of carbonyl (C=O) groups is 1. The minimum Gasteiger partial charge on any atom is -0.395 e. The smallest absolute Gasteiger partial charge is 0.243 e. The molecule has 0 aliphatic carbocycles. The summed E-state index contributed by atoms with van der Waals surface area (Å²) < 4.78 is 26.6. The molecule has 2 rings (SSSR count). The number of hydrogen-bond donors (Lipinski definition) is 1. The Morgan fingerprint density at radius 2 is 2.15 bits per heavy atom. The average Bonchev–Trinajstić information content (AvgIpc) is 2.80. The van der Waals surface area contributed by atoms with E-state index in [0.29, 0.717) is 12.1 Å². The quantitative estimate of drug-likeness (QED) is 0.850. The van der Waals surface area contributed by atoms with E-state index in [1.807, 2.05) is 6.92 Å². The number of benzene rings is 1. The lowest BCUT2D eigenvalue weighted by atomic mass is 10.0. The lowest BCUT2D eigenvalue weighted by Gasteiger charge is -2.24. The van der Waals surface area contributed by atoms with Crippen molar-refractivity contribution in [1.82, 2.24) is 4.31 Å². The lowest BCUT2D eigenvalue weighted by molar-refractivity contribution is 0.101. The molecular formula is C14H19NO4S. The third kappa shape index (κ3) is 2.63. The van der Waals surface area contributed by atoms with Gasteiger partial charge < -0.3 is 5.11 Å². The fourth-order valence-corrected chi connectivity index (χ4v) is 4.33. The third-order valence-corrected chi connectivity index (χ3v) is 5.79. The van der Waals surface area contributed by atoms with Crippen molar-refractivity contribution in [3.63, 3.8) is 0 Å². The molecule has 110 valence electrons. The zero-order chi connectivity index (χ0) is 14.9. The van der Waals surface area contributed by atoms with Crippen LogP contribution in [0.1, 0.15) is 30.6 Å². The van der Waals surface area contributed by atoms with Crippen molar-refractivity contribution in [2.45, 2.75) is 31.2 Å². The molecule has 5 nitrogen and oxygen atoms in total. The van der Waals surface area contributed by atoms with E-state index < -0.39 is 10.0 Å². The zero-order valence-electron chi connectivity index (χ0n) is 11.6. The maximum absolute atomic E-state index is 12.6. The number of hydrogen-bond acceptors (Lipinski definition) is 4. The topological polar surface area (TPSA) is 74.7 Å². The fraction of sp³-hybridized carbons (Fsp3) is 0.500. The van der Waals surface area contributed by atoms with Gasteiger partial charge in [0.05, 0.1) is 17.5 Å². The molecule has 1 N–H and O–H groups in total. The highest BCUT2D eigenvalue weighted by molar-refractivity contribution is 7.89. The Labute approximate surface area is 119 Å². The van der Waals surface area contributed by atoms with Crippen LogP contribution in [0.2, 0.25) is 0 Å². The first-order chi connectivity index (χ1) is 9.37. The monoisotopic (exact) mass is 297 g/mol. The molecule has 1 heterocycles. The van der Waals surface area contributed by atoms with Crippen molar-refractivity contribution in [1.29, 1.82) is 0 Å². The Bertz CT molecular complexity index is 611. The average molecular weight is 297 g/mol. The number of aliphatic hydroxyl groups excluding tert-OH is 1. The number of ketones is 1. The van der Waals surface area contributed by atoms with Crippen molar-refractivity contribution in [3.05, 3.63) is 29.8 Å². The van der Waals surface area contributed by atoms with Crippen molar-refractivity contribution in [2.75, 3.05) is 13.2 Å². The van der Waals surface area contributed by atoms with Crippen LogP contribution in [-0.2, 0) is 10.0 Å². The van der Waals surface area contributed by atoms with Crippen LogP contribution in [0.4, 0.5) is 0 Å². The minimum absolute atomic E-state index is 0.109. The summed E-state index contributed by atoms with van der Waals surface area (Å²) in [4.78, 5) is 11.5. The molecule has 1 saturated heterocycles. The SMILES string of the molecule is CC(=O)c1cccc(S(=O)(=O)N2CCC(C)C2CO)c1. The second-order valence-electron chi connectivity index (χ2n) is 5.22. The van der Waals surface area contributed by atoms with E-state index in [1.165, 1.54) is 23.4 Å². The number of nitrogens with zero attached hydrogens (tertiary/aromatic N) is 1. The highest BCUT2D eigenvalue weighted by atomic mass is 32.2. The van der Waals surface area contributed by atoms with E-state index in [2.05, 4.69) is 0 Å². The van der Waals surface area contributed by atoms with E-state index in [0.717, 1.165) is 6.42 Å². The second-order valence-corrected chi connectivity index (χ2v) is 7.11. The van der Waals surface area contributed by atoms with E-state index in [4.69, 9.17) is 0 Å². The van der Waals surface area contributed by atoms with Gasteiger partial charge in [0, 0.05) is 12.1 Å². The van der Waals surface area contributed by atoms with Crippen molar-refractivity contribution in [3.8, 4) is 0 Å². The molecule has 1 aliphatic heterocycles. The predicted octanol–water partition coefficient (Wildman–Crippen LogP) is 1.28. The maximum Gasteiger partial charge on any atom is 0.243 e. The molecule has 6 heteroatoms. The molecule has 0 amide bonds. The summed E-state index contributed by atoms with van der Waals surface area (Å²) in [5.74, 6) is -0.0405. The number of Topliss-reactive ketones (excluding diaryl/α,β-unsaturated/α-hetero) is 1. The minimum atomic E-state index is -3.67. The molecule has 0 bridgehead atoms. The van der Waals surface area contributed by atoms with Crippen LogP contribution in [0.15, 0.2) is 29.2 Å². The summed E-state index contributed by atoms with van der Waals surface area (Å²) in [5, 5.41) is 9.40. The number of aliphatic hydroxyl groups is 1. The normalized spacial score (nSPS) is 23.9. The largest absolute Gasteiger partial charge is 0.395 e. The summed E-state index contributed by atoms with van der Waals surface area (Å²) >= 11 is 0.